The first-order valence-corrected chi connectivity index (χ1v) is 9.73. The SMILES string of the molecule is CC(=O)c1ccc(S(=O)(=O)N(C)CCCC(=O)Nc2ccc(N)nc2)cc1. The number of sulfonamides is 1. The number of hydrogen-bond acceptors (Lipinski definition) is 6. The molecule has 0 fully saturated rings. The van der Waals surface area contributed by atoms with Gasteiger partial charge in [0, 0.05) is 25.6 Å². The number of nitrogens with zero attached hydrogens (tertiary/aromatic N) is 2. The molecule has 0 spiro atoms. The zero-order valence-corrected chi connectivity index (χ0v) is 16.0. The summed E-state index contributed by atoms with van der Waals surface area (Å²) in [6.07, 6.45) is 1.97. The molecule has 1 amide bonds. The second kappa shape index (κ2) is 8.74. The van der Waals surface area contributed by atoms with Crippen molar-refractivity contribution in [1.82, 2.24) is 9.29 Å². The maximum atomic E-state index is 12.5. The summed E-state index contributed by atoms with van der Waals surface area (Å²) in [4.78, 5) is 27.2. The fourth-order valence-corrected chi connectivity index (χ4v) is 3.54. The van der Waals surface area contributed by atoms with Crippen LogP contribution in [0.3, 0.4) is 0 Å². The number of hydrogen-bond donors (Lipinski definition) is 2. The Morgan fingerprint density at radius 2 is 1.81 bits per heavy atom. The normalized spacial score (nSPS) is 11.4. The molecule has 0 unspecified atom stereocenters. The minimum atomic E-state index is -3.68. The molecule has 1 aromatic heterocycles. The molecule has 0 saturated carbocycles. The monoisotopic (exact) mass is 390 g/mol. The molecule has 3 N–H and O–H groups in total. The lowest BCUT2D eigenvalue weighted by molar-refractivity contribution is -0.116. The molecule has 0 saturated heterocycles. The van der Waals surface area contributed by atoms with E-state index in [0.717, 1.165) is 0 Å². The van der Waals surface area contributed by atoms with Gasteiger partial charge < -0.3 is 11.1 Å². The Bertz CT molecular complexity index is 909. The van der Waals surface area contributed by atoms with E-state index in [1.165, 1.54) is 48.7 Å². The highest BCUT2D eigenvalue weighted by atomic mass is 32.2. The number of carbonyl (C=O) groups excluding carboxylic acids is 2. The van der Waals surface area contributed by atoms with E-state index in [4.69, 9.17) is 5.73 Å². The average Bonchev–Trinajstić information content (AvgIpc) is 2.63. The van der Waals surface area contributed by atoms with Crippen molar-refractivity contribution in [2.24, 2.45) is 0 Å². The smallest absolute Gasteiger partial charge is 0.242 e. The van der Waals surface area contributed by atoms with Crippen molar-refractivity contribution in [2.45, 2.75) is 24.7 Å². The van der Waals surface area contributed by atoms with Gasteiger partial charge in [-0.3, -0.25) is 9.59 Å². The van der Waals surface area contributed by atoms with Crippen LogP contribution in [0.25, 0.3) is 0 Å². The van der Waals surface area contributed by atoms with Gasteiger partial charge in [-0.05, 0) is 37.6 Å². The van der Waals surface area contributed by atoms with Gasteiger partial charge in [0.2, 0.25) is 15.9 Å². The molecule has 2 aromatic rings. The first-order valence-electron chi connectivity index (χ1n) is 8.29. The molecule has 27 heavy (non-hydrogen) atoms. The van der Waals surface area contributed by atoms with E-state index in [1.54, 1.807) is 12.1 Å². The van der Waals surface area contributed by atoms with E-state index in [2.05, 4.69) is 10.3 Å². The number of pyridine rings is 1. The Hall–Kier alpha value is -2.78. The van der Waals surface area contributed by atoms with E-state index in [0.29, 0.717) is 23.5 Å². The quantitative estimate of drug-likeness (QED) is 0.664. The highest BCUT2D eigenvalue weighted by Crippen LogP contribution is 2.16. The van der Waals surface area contributed by atoms with Gasteiger partial charge in [-0.25, -0.2) is 17.7 Å². The first-order chi connectivity index (χ1) is 12.7. The van der Waals surface area contributed by atoms with Crippen LogP contribution in [0, 0.1) is 0 Å². The third-order valence-corrected chi connectivity index (χ3v) is 5.79. The second-order valence-electron chi connectivity index (χ2n) is 6.03. The third kappa shape index (κ3) is 5.60. The lowest BCUT2D eigenvalue weighted by Gasteiger charge is -2.17. The van der Waals surface area contributed by atoms with Gasteiger partial charge in [0.05, 0.1) is 16.8 Å². The summed E-state index contributed by atoms with van der Waals surface area (Å²) in [5.41, 5.74) is 6.46. The molecule has 0 aliphatic carbocycles. The fourth-order valence-electron chi connectivity index (χ4n) is 2.33. The standard InChI is InChI=1S/C18H22N4O4S/c1-13(23)14-5-8-16(9-6-14)27(25,26)22(2)11-3-4-18(24)21-15-7-10-17(19)20-12-15/h5-10,12H,3-4,11H2,1-2H3,(H2,19,20)(H,21,24). The van der Waals surface area contributed by atoms with E-state index >= 15 is 0 Å². The molecule has 0 radical (unpaired) electrons. The van der Waals surface area contributed by atoms with Crippen molar-refractivity contribution in [3.8, 4) is 0 Å². The van der Waals surface area contributed by atoms with Crippen LogP contribution in [-0.4, -0.2) is 43.0 Å². The van der Waals surface area contributed by atoms with Crippen LogP contribution in [0.5, 0.6) is 0 Å². The van der Waals surface area contributed by atoms with E-state index in [-0.39, 0.29) is 29.6 Å². The van der Waals surface area contributed by atoms with Crippen molar-refractivity contribution < 1.29 is 18.0 Å². The number of benzene rings is 1. The van der Waals surface area contributed by atoms with Crippen molar-refractivity contribution in [2.75, 3.05) is 24.6 Å². The molecule has 2 rings (SSSR count). The van der Waals surface area contributed by atoms with Gasteiger partial charge in [-0.15, -0.1) is 0 Å². The van der Waals surface area contributed by atoms with Crippen molar-refractivity contribution in [3.05, 3.63) is 48.2 Å². The lowest BCUT2D eigenvalue weighted by atomic mass is 10.2. The van der Waals surface area contributed by atoms with Gasteiger partial charge in [-0.1, -0.05) is 12.1 Å². The molecule has 1 heterocycles. The number of ketones is 1. The molecule has 144 valence electrons. The molecule has 0 aliphatic rings. The van der Waals surface area contributed by atoms with Gasteiger partial charge >= 0.3 is 0 Å². The maximum Gasteiger partial charge on any atom is 0.242 e. The van der Waals surface area contributed by atoms with Crippen molar-refractivity contribution in [3.63, 3.8) is 0 Å². The summed E-state index contributed by atoms with van der Waals surface area (Å²) >= 11 is 0. The number of nitrogens with one attached hydrogen (secondary N) is 1. The predicted molar refractivity (Wildman–Crippen MR) is 103 cm³/mol. The van der Waals surface area contributed by atoms with Crippen LogP contribution < -0.4 is 11.1 Å². The van der Waals surface area contributed by atoms with Gasteiger partial charge in [0.25, 0.3) is 0 Å². The maximum absolute atomic E-state index is 12.5. The van der Waals surface area contributed by atoms with E-state index in [9.17, 15) is 18.0 Å². The van der Waals surface area contributed by atoms with Crippen LogP contribution in [0.1, 0.15) is 30.1 Å². The average molecular weight is 390 g/mol. The fraction of sp³-hybridized carbons (Fsp3) is 0.278. The molecule has 0 aliphatic heterocycles. The highest BCUT2D eigenvalue weighted by Gasteiger charge is 2.20. The van der Waals surface area contributed by atoms with Crippen LogP contribution in [0.15, 0.2) is 47.5 Å². The number of rotatable bonds is 8. The van der Waals surface area contributed by atoms with Crippen LogP contribution in [-0.2, 0) is 14.8 Å². The Balaban J connectivity index is 1.88. The predicted octanol–water partition coefficient (Wildman–Crippen LogP) is 1.91. The molecular weight excluding hydrogens is 368 g/mol. The van der Waals surface area contributed by atoms with Crippen LogP contribution in [0.2, 0.25) is 0 Å². The van der Waals surface area contributed by atoms with Gasteiger partial charge in [0.1, 0.15) is 5.82 Å². The van der Waals surface area contributed by atoms with Crippen molar-refractivity contribution >= 4 is 33.2 Å². The number of aromatic nitrogens is 1. The Labute approximate surface area is 158 Å². The molecule has 8 nitrogen and oxygen atoms in total. The molecule has 1 aromatic carbocycles. The molecule has 9 heteroatoms. The lowest BCUT2D eigenvalue weighted by Crippen LogP contribution is -2.28. The second-order valence-corrected chi connectivity index (χ2v) is 8.08. The summed E-state index contributed by atoms with van der Waals surface area (Å²) < 4.78 is 26.3. The number of amides is 1. The highest BCUT2D eigenvalue weighted by molar-refractivity contribution is 7.89. The zero-order valence-electron chi connectivity index (χ0n) is 15.2. The third-order valence-electron chi connectivity index (χ3n) is 3.92. The van der Waals surface area contributed by atoms with Crippen molar-refractivity contribution in [1.29, 1.82) is 0 Å². The van der Waals surface area contributed by atoms with Gasteiger partial charge in [0.15, 0.2) is 5.78 Å². The van der Waals surface area contributed by atoms with E-state index < -0.39 is 10.0 Å². The van der Waals surface area contributed by atoms with Crippen LogP contribution >= 0.6 is 0 Å². The topological polar surface area (TPSA) is 122 Å². The number of carbonyl (C=O) groups is 2. The molecule has 0 bridgehead atoms. The Morgan fingerprint density at radius 3 is 2.37 bits per heavy atom. The number of nitrogens with two attached hydrogens (primary N) is 1. The summed E-state index contributed by atoms with van der Waals surface area (Å²) in [5.74, 6) is -0.0102. The number of nitrogen functional groups attached to an aromatic ring is 1. The van der Waals surface area contributed by atoms with Crippen LogP contribution in [0.4, 0.5) is 11.5 Å². The zero-order chi connectivity index (χ0) is 20.0. The van der Waals surface area contributed by atoms with Gasteiger partial charge in [-0.2, -0.15) is 0 Å². The largest absolute Gasteiger partial charge is 0.384 e. The summed E-state index contributed by atoms with van der Waals surface area (Å²) in [6, 6.07) is 9.00. The minimum Gasteiger partial charge on any atom is -0.384 e. The molecule has 0 atom stereocenters. The number of Topliss-reactive ketones (excluding diaryl/α,β-unsaturated/α-hetero) is 1. The Morgan fingerprint density at radius 1 is 1.15 bits per heavy atom. The summed E-state index contributed by atoms with van der Waals surface area (Å²) in [6.45, 7) is 1.60. The number of anilines is 2. The molecular formula is C18H22N4O4S. The first kappa shape index (κ1) is 20.5. The summed E-state index contributed by atoms with van der Waals surface area (Å²) in [7, 11) is -2.22. The van der Waals surface area contributed by atoms with E-state index in [1.807, 2.05) is 0 Å². The minimum absolute atomic E-state index is 0.104. The Kier molecular flexibility index (Phi) is 6.65. The summed E-state index contributed by atoms with van der Waals surface area (Å²) in [5, 5.41) is 2.67.